The molecule has 2 amide bonds. The van der Waals surface area contributed by atoms with E-state index in [-0.39, 0.29) is 22.6 Å². The number of amides is 2. The normalized spacial score (nSPS) is 38.2. The van der Waals surface area contributed by atoms with Crippen LogP contribution in [0.1, 0.15) is 64.4 Å². The Morgan fingerprint density at radius 3 is 2.83 bits per heavy atom. The number of nitrogens with one attached hydrogen (secondary N) is 2. The van der Waals surface area contributed by atoms with E-state index in [1.54, 1.807) is 0 Å². The number of aromatic amines is 1. The van der Waals surface area contributed by atoms with Crippen LogP contribution in [0.5, 0.6) is 0 Å². The molecule has 0 spiro atoms. The van der Waals surface area contributed by atoms with Crippen LogP contribution in [0, 0.1) is 34.5 Å². The fourth-order valence-corrected chi connectivity index (χ4v) is 8.89. The lowest BCUT2D eigenvalue weighted by Crippen LogP contribution is -2.59. The molecule has 2 aromatic rings. The lowest BCUT2D eigenvalue weighted by molar-refractivity contribution is -0.139. The summed E-state index contributed by atoms with van der Waals surface area (Å²) in [5, 5.41) is 4.39. The Kier molecular flexibility index (Phi) is 5.39. The van der Waals surface area contributed by atoms with E-state index in [1.165, 1.54) is 37.5 Å². The highest BCUT2D eigenvalue weighted by atomic mass is 16.2. The second-order valence-electron chi connectivity index (χ2n) is 12.3. The van der Waals surface area contributed by atoms with Crippen molar-refractivity contribution in [3.05, 3.63) is 48.2 Å². The highest BCUT2D eigenvalue weighted by Crippen LogP contribution is 2.65. The van der Waals surface area contributed by atoms with Gasteiger partial charge in [0, 0.05) is 43.2 Å². The Balaban J connectivity index is 1.12. The van der Waals surface area contributed by atoms with Gasteiger partial charge in [-0.15, -0.1) is 0 Å². The van der Waals surface area contributed by atoms with Crippen LogP contribution in [0.15, 0.2) is 42.6 Å². The largest absolute Gasteiger partial charge is 0.361 e. The number of nitrogens with zero attached hydrogens (tertiary/aromatic N) is 1. The van der Waals surface area contributed by atoms with Crippen molar-refractivity contribution in [1.82, 2.24) is 15.2 Å². The van der Waals surface area contributed by atoms with E-state index in [9.17, 15) is 9.59 Å². The Morgan fingerprint density at radius 1 is 1.11 bits per heavy atom. The minimum absolute atomic E-state index is 0.0862. The first-order chi connectivity index (χ1) is 16.8. The molecule has 0 radical (unpaired) electrons. The van der Waals surface area contributed by atoms with Crippen LogP contribution in [0.3, 0.4) is 0 Å². The van der Waals surface area contributed by atoms with Crippen LogP contribution < -0.4 is 5.32 Å². The van der Waals surface area contributed by atoms with Crippen molar-refractivity contribution in [1.29, 1.82) is 0 Å². The Labute approximate surface area is 208 Å². The third-order valence-corrected chi connectivity index (χ3v) is 10.9. The number of rotatable bonds is 4. The first kappa shape index (κ1) is 22.9. The molecule has 7 atom stereocenters. The summed E-state index contributed by atoms with van der Waals surface area (Å²) in [6, 6.07) is 8.74. The summed E-state index contributed by atoms with van der Waals surface area (Å²) in [4.78, 5) is 30.6. The molecule has 5 nitrogen and oxygen atoms in total. The van der Waals surface area contributed by atoms with E-state index < -0.39 is 0 Å². The van der Waals surface area contributed by atoms with Gasteiger partial charge in [-0.25, -0.2) is 0 Å². The third kappa shape index (κ3) is 3.56. The maximum atomic E-state index is 13.0. The zero-order valence-corrected chi connectivity index (χ0v) is 21.3. The number of likely N-dealkylation sites (N-methyl/N-ethyl adjacent to an activating group) is 1. The number of fused-ring (bicyclic) bond motifs is 6. The van der Waals surface area contributed by atoms with E-state index in [0.717, 1.165) is 17.5 Å². The number of benzene rings is 1. The van der Waals surface area contributed by atoms with Gasteiger partial charge >= 0.3 is 0 Å². The van der Waals surface area contributed by atoms with Crippen molar-refractivity contribution in [2.45, 2.75) is 71.4 Å². The van der Waals surface area contributed by atoms with Crippen LogP contribution >= 0.6 is 0 Å². The lowest BCUT2D eigenvalue weighted by Gasteiger charge is -2.60. The highest BCUT2D eigenvalue weighted by molar-refractivity contribution is 5.89. The quantitative estimate of drug-likeness (QED) is 0.622. The summed E-state index contributed by atoms with van der Waals surface area (Å²) in [7, 11) is 1.99. The van der Waals surface area contributed by atoms with E-state index in [4.69, 9.17) is 0 Å². The topological polar surface area (TPSA) is 65.2 Å². The molecule has 35 heavy (non-hydrogen) atoms. The molecule has 5 heteroatoms. The van der Waals surface area contributed by atoms with Gasteiger partial charge in [-0.1, -0.05) is 26.0 Å². The predicted molar refractivity (Wildman–Crippen MR) is 138 cm³/mol. The molecule has 6 rings (SSSR count). The van der Waals surface area contributed by atoms with Gasteiger partial charge in [0.1, 0.15) is 0 Å². The van der Waals surface area contributed by atoms with Gasteiger partial charge in [0.2, 0.25) is 11.8 Å². The molecular formula is C30H39N3O2. The third-order valence-electron chi connectivity index (χ3n) is 10.9. The first-order valence-electron chi connectivity index (χ1n) is 13.6. The summed E-state index contributed by atoms with van der Waals surface area (Å²) in [5.74, 6) is 2.87. The van der Waals surface area contributed by atoms with Gasteiger partial charge in [0.15, 0.2) is 0 Å². The monoisotopic (exact) mass is 473 g/mol. The molecule has 1 aliphatic heterocycles. The number of hydrogen-bond acceptors (Lipinski definition) is 2. The lowest BCUT2D eigenvalue weighted by atomic mass is 9.47. The Morgan fingerprint density at radius 2 is 1.97 bits per heavy atom. The molecule has 1 aromatic heterocycles. The first-order valence-corrected chi connectivity index (χ1v) is 13.6. The Hall–Kier alpha value is -2.56. The molecule has 4 aliphatic rings. The second-order valence-corrected chi connectivity index (χ2v) is 12.3. The molecule has 2 heterocycles. The van der Waals surface area contributed by atoms with Crippen molar-refractivity contribution in [2.75, 3.05) is 7.05 Å². The van der Waals surface area contributed by atoms with Gasteiger partial charge in [-0.3, -0.25) is 9.59 Å². The number of carbonyl (C=O) groups excluding carboxylic acids is 2. The van der Waals surface area contributed by atoms with Crippen molar-refractivity contribution in [2.24, 2.45) is 34.5 Å². The molecule has 1 aromatic carbocycles. The predicted octanol–water partition coefficient (Wildman–Crippen LogP) is 5.43. The SMILES string of the molecule is CN1C(=O)C=C[C@]2(C)C3CC[C@@]4(C)C(CC[C@@H]4CC(=O)NCc4ccc5[nH]ccc5c4)C3CCC12. The summed E-state index contributed by atoms with van der Waals surface area (Å²) in [6.45, 7) is 5.48. The van der Waals surface area contributed by atoms with Crippen molar-refractivity contribution in [3.8, 4) is 0 Å². The van der Waals surface area contributed by atoms with Crippen molar-refractivity contribution in [3.63, 3.8) is 0 Å². The maximum Gasteiger partial charge on any atom is 0.246 e. The minimum atomic E-state index is 0.0862. The number of H-pyrrole nitrogens is 1. The molecule has 0 saturated heterocycles. The van der Waals surface area contributed by atoms with Crippen molar-refractivity contribution < 1.29 is 9.59 Å². The van der Waals surface area contributed by atoms with E-state index in [0.29, 0.717) is 42.7 Å². The highest BCUT2D eigenvalue weighted by Gasteiger charge is 2.60. The van der Waals surface area contributed by atoms with E-state index >= 15 is 0 Å². The van der Waals surface area contributed by atoms with Crippen LogP contribution in [-0.2, 0) is 16.1 Å². The van der Waals surface area contributed by atoms with Gasteiger partial charge < -0.3 is 15.2 Å². The summed E-state index contributed by atoms with van der Waals surface area (Å²) in [6.07, 6.45) is 13.8. The molecule has 3 aliphatic carbocycles. The average Bonchev–Trinajstić information content (AvgIpc) is 3.44. The average molecular weight is 474 g/mol. The molecule has 4 unspecified atom stereocenters. The van der Waals surface area contributed by atoms with Gasteiger partial charge in [-0.2, -0.15) is 0 Å². The van der Waals surface area contributed by atoms with Crippen molar-refractivity contribution >= 4 is 22.7 Å². The van der Waals surface area contributed by atoms with Gasteiger partial charge in [-0.05, 0) is 103 Å². The van der Waals surface area contributed by atoms with Crippen LogP contribution in [0.4, 0.5) is 0 Å². The molecule has 2 N–H and O–H groups in total. The summed E-state index contributed by atoms with van der Waals surface area (Å²) >= 11 is 0. The van der Waals surface area contributed by atoms with Crippen LogP contribution in [0.2, 0.25) is 0 Å². The zero-order chi connectivity index (χ0) is 24.4. The molecule has 3 fully saturated rings. The molecule has 186 valence electrons. The minimum Gasteiger partial charge on any atom is -0.361 e. The van der Waals surface area contributed by atoms with E-state index in [1.807, 2.05) is 24.2 Å². The smallest absolute Gasteiger partial charge is 0.246 e. The number of aromatic nitrogens is 1. The summed E-state index contributed by atoms with van der Waals surface area (Å²) in [5.41, 5.74) is 2.62. The van der Waals surface area contributed by atoms with Crippen LogP contribution in [0.25, 0.3) is 10.9 Å². The fourth-order valence-electron chi connectivity index (χ4n) is 8.89. The second kappa shape index (κ2) is 8.25. The molecule has 3 saturated carbocycles. The number of carbonyl (C=O) groups is 2. The van der Waals surface area contributed by atoms with Gasteiger partial charge in [0.05, 0.1) is 0 Å². The van der Waals surface area contributed by atoms with E-state index in [2.05, 4.69) is 54.5 Å². The fraction of sp³-hybridized carbons (Fsp3) is 0.600. The molecular weight excluding hydrogens is 434 g/mol. The Bertz CT molecular complexity index is 1180. The standard InChI is InChI=1S/C30H39N3O2/c1-29-13-10-24-22(6-9-26-30(24,2)14-11-28(35)33(26)3)23(29)7-5-21(29)17-27(34)32-18-19-4-8-25-20(16-19)12-15-31-25/h4,8,11-12,14-16,21-24,26,31H,5-7,9-10,13,17-18H2,1-3H3,(H,32,34)/t21-,22?,23?,24?,26?,29-,30-/m1/s1. The van der Waals surface area contributed by atoms with Gasteiger partial charge in [0.25, 0.3) is 0 Å². The molecule has 0 bridgehead atoms. The maximum absolute atomic E-state index is 13.0. The zero-order valence-electron chi connectivity index (χ0n) is 21.3. The summed E-state index contributed by atoms with van der Waals surface area (Å²) < 4.78 is 0. The number of hydrogen-bond donors (Lipinski definition) is 2. The van der Waals surface area contributed by atoms with Crippen LogP contribution in [-0.4, -0.2) is 34.8 Å².